The fraction of sp³-hybridized carbons (Fsp3) is 0.400. The molecule has 0 saturated carbocycles. The maximum absolute atomic E-state index is 12.2. The van der Waals surface area contributed by atoms with E-state index in [1.807, 2.05) is 0 Å². The molecule has 1 fully saturated rings. The average molecular weight is 338 g/mol. The summed E-state index contributed by atoms with van der Waals surface area (Å²) >= 11 is 5.88. The normalized spacial score (nSPS) is 17.0. The second-order valence-corrected chi connectivity index (χ2v) is 5.75. The molecule has 23 heavy (non-hydrogen) atoms. The first kappa shape index (κ1) is 17.2. The molecule has 2 rings (SSSR count). The molecular formula is C15H20ClN5O2. The van der Waals surface area contributed by atoms with Crippen LogP contribution >= 0.6 is 11.6 Å². The molecule has 124 valence electrons. The topological polar surface area (TPSA) is 115 Å². The van der Waals surface area contributed by atoms with E-state index in [4.69, 9.17) is 28.0 Å². The Morgan fingerprint density at radius 2 is 2.13 bits per heavy atom. The van der Waals surface area contributed by atoms with Gasteiger partial charge in [0.05, 0.1) is 18.3 Å². The summed E-state index contributed by atoms with van der Waals surface area (Å²) in [5.41, 5.74) is 8.14. The molecule has 1 aliphatic rings. The quantitative estimate of drug-likeness (QED) is 0.369. The highest BCUT2D eigenvalue weighted by Gasteiger charge is 2.29. The van der Waals surface area contributed by atoms with Crippen LogP contribution in [-0.2, 0) is 4.79 Å². The van der Waals surface area contributed by atoms with Crippen LogP contribution in [0, 0.1) is 5.41 Å². The molecule has 0 aromatic heterocycles. The minimum atomic E-state index is -0.532. The number of amides is 1. The average Bonchev–Trinajstić information content (AvgIpc) is 2.56. The molecule has 1 amide bonds. The number of rotatable bonds is 5. The van der Waals surface area contributed by atoms with Crippen LogP contribution in [0.3, 0.4) is 0 Å². The summed E-state index contributed by atoms with van der Waals surface area (Å²) in [6.45, 7) is 0.689. The number of carbonyl (C=O) groups is 1. The number of aliphatic imine (C=N–C) groups is 1. The fourth-order valence-electron chi connectivity index (χ4n) is 2.54. The Bertz CT molecular complexity index is 602. The first-order valence-corrected chi connectivity index (χ1v) is 7.74. The monoisotopic (exact) mass is 337 g/mol. The molecule has 0 spiro atoms. The van der Waals surface area contributed by atoms with Gasteiger partial charge in [-0.05, 0) is 30.5 Å². The SMILES string of the molecule is N=C(c1ccc(Cl)cc1)C(CN=C(N)NO)N1CCCCC1=O. The molecule has 0 bridgehead atoms. The molecule has 1 heterocycles. The van der Waals surface area contributed by atoms with Crippen molar-refractivity contribution in [2.45, 2.75) is 25.3 Å². The van der Waals surface area contributed by atoms with Gasteiger partial charge in [-0.3, -0.25) is 10.0 Å². The lowest BCUT2D eigenvalue weighted by Crippen LogP contribution is -2.49. The van der Waals surface area contributed by atoms with Crippen LogP contribution in [0.5, 0.6) is 0 Å². The lowest BCUT2D eigenvalue weighted by molar-refractivity contribution is -0.134. The summed E-state index contributed by atoms with van der Waals surface area (Å²) in [4.78, 5) is 17.9. The number of carbonyl (C=O) groups excluding carboxylic acids is 1. The van der Waals surface area contributed by atoms with E-state index in [1.165, 1.54) is 0 Å². The first-order chi connectivity index (χ1) is 11.0. The Morgan fingerprint density at radius 1 is 1.43 bits per heavy atom. The fourth-order valence-corrected chi connectivity index (χ4v) is 2.67. The van der Waals surface area contributed by atoms with Gasteiger partial charge in [-0.2, -0.15) is 0 Å². The van der Waals surface area contributed by atoms with Crippen molar-refractivity contribution >= 4 is 29.2 Å². The third kappa shape index (κ3) is 4.43. The minimum Gasteiger partial charge on any atom is -0.368 e. The Morgan fingerprint density at radius 3 is 2.74 bits per heavy atom. The number of piperidine rings is 1. The standard InChI is InChI=1S/C15H20ClN5O2/c16-11-6-4-10(5-7-11)14(17)12(9-19-15(18)20-23)21-8-2-1-3-13(21)22/h4-7,12,17,23H,1-3,8-9H2,(H3,18,19,20). The molecule has 8 heteroatoms. The summed E-state index contributed by atoms with van der Waals surface area (Å²) in [7, 11) is 0. The third-order valence-corrected chi connectivity index (χ3v) is 4.03. The number of nitrogens with zero attached hydrogens (tertiary/aromatic N) is 2. The maximum Gasteiger partial charge on any atom is 0.223 e. The lowest BCUT2D eigenvalue weighted by atomic mass is 9.99. The summed E-state index contributed by atoms with van der Waals surface area (Å²) in [5, 5.41) is 17.8. The van der Waals surface area contributed by atoms with Gasteiger partial charge in [-0.15, -0.1) is 0 Å². The predicted octanol–water partition coefficient (Wildman–Crippen LogP) is 1.38. The molecule has 1 atom stereocenters. The van der Waals surface area contributed by atoms with Gasteiger partial charge in [0, 0.05) is 18.0 Å². The molecule has 5 N–H and O–H groups in total. The molecule has 1 aromatic rings. The first-order valence-electron chi connectivity index (χ1n) is 7.37. The Labute approximate surface area is 139 Å². The molecule has 0 radical (unpaired) electrons. The zero-order valence-corrected chi connectivity index (χ0v) is 13.4. The largest absolute Gasteiger partial charge is 0.368 e. The third-order valence-electron chi connectivity index (χ3n) is 3.77. The number of nitrogens with one attached hydrogen (secondary N) is 2. The van der Waals surface area contributed by atoms with E-state index < -0.39 is 6.04 Å². The summed E-state index contributed by atoms with van der Waals surface area (Å²) in [5.74, 6) is -0.144. The Balaban J connectivity index is 2.26. The van der Waals surface area contributed by atoms with E-state index >= 15 is 0 Å². The molecular weight excluding hydrogens is 318 g/mol. The number of halogens is 1. The van der Waals surface area contributed by atoms with Crippen LogP contribution < -0.4 is 11.2 Å². The van der Waals surface area contributed by atoms with Crippen molar-refractivity contribution in [3.8, 4) is 0 Å². The lowest BCUT2D eigenvalue weighted by Gasteiger charge is -2.34. The van der Waals surface area contributed by atoms with E-state index in [0.717, 1.165) is 12.8 Å². The van der Waals surface area contributed by atoms with E-state index in [1.54, 1.807) is 34.6 Å². The van der Waals surface area contributed by atoms with E-state index in [2.05, 4.69) is 4.99 Å². The molecule has 7 nitrogen and oxygen atoms in total. The van der Waals surface area contributed by atoms with Gasteiger partial charge in [0.2, 0.25) is 11.9 Å². The summed E-state index contributed by atoms with van der Waals surface area (Å²) in [6, 6.07) is 6.35. The van der Waals surface area contributed by atoms with Crippen LogP contribution in [0.15, 0.2) is 29.3 Å². The predicted molar refractivity (Wildman–Crippen MR) is 89.0 cm³/mol. The van der Waals surface area contributed by atoms with E-state index in [0.29, 0.717) is 23.6 Å². The highest BCUT2D eigenvalue weighted by Crippen LogP contribution is 2.19. The van der Waals surface area contributed by atoms with Gasteiger partial charge in [0.15, 0.2) is 0 Å². The molecule has 1 saturated heterocycles. The Hall–Kier alpha value is -2.12. The second-order valence-electron chi connectivity index (χ2n) is 5.32. The van der Waals surface area contributed by atoms with Gasteiger partial charge in [-0.1, -0.05) is 23.7 Å². The zero-order valence-electron chi connectivity index (χ0n) is 12.6. The summed E-state index contributed by atoms with van der Waals surface area (Å²) < 4.78 is 0. The maximum atomic E-state index is 12.2. The molecule has 0 aliphatic carbocycles. The van der Waals surface area contributed by atoms with Crippen molar-refractivity contribution in [1.29, 1.82) is 5.41 Å². The number of hydrogen-bond acceptors (Lipinski definition) is 4. The molecule has 1 aliphatic heterocycles. The van der Waals surface area contributed by atoms with Crippen LogP contribution in [0.2, 0.25) is 5.02 Å². The van der Waals surface area contributed by atoms with Gasteiger partial charge in [0.25, 0.3) is 0 Å². The van der Waals surface area contributed by atoms with Crippen LogP contribution in [0.1, 0.15) is 24.8 Å². The number of likely N-dealkylation sites (tertiary alicyclic amines) is 1. The van der Waals surface area contributed by atoms with Crippen molar-refractivity contribution in [2.75, 3.05) is 13.1 Å². The highest BCUT2D eigenvalue weighted by molar-refractivity contribution is 6.30. The van der Waals surface area contributed by atoms with Gasteiger partial charge in [0.1, 0.15) is 0 Å². The molecule has 1 unspecified atom stereocenters. The van der Waals surface area contributed by atoms with Crippen LogP contribution in [-0.4, -0.2) is 46.8 Å². The molecule has 1 aromatic carbocycles. The number of nitrogens with two attached hydrogens (primary N) is 1. The van der Waals surface area contributed by atoms with Gasteiger partial charge < -0.3 is 16.0 Å². The van der Waals surface area contributed by atoms with Crippen LogP contribution in [0.4, 0.5) is 0 Å². The van der Waals surface area contributed by atoms with Gasteiger partial charge >= 0.3 is 0 Å². The summed E-state index contributed by atoms with van der Waals surface area (Å²) in [6.07, 6.45) is 2.23. The van der Waals surface area contributed by atoms with E-state index in [9.17, 15) is 4.79 Å². The second kappa shape index (κ2) is 7.94. The van der Waals surface area contributed by atoms with Crippen molar-refractivity contribution in [3.63, 3.8) is 0 Å². The number of hydrogen-bond donors (Lipinski definition) is 4. The highest BCUT2D eigenvalue weighted by atomic mass is 35.5. The Kier molecular flexibility index (Phi) is 5.95. The number of guanidine groups is 1. The van der Waals surface area contributed by atoms with Crippen molar-refractivity contribution in [1.82, 2.24) is 10.4 Å². The van der Waals surface area contributed by atoms with Gasteiger partial charge in [-0.25, -0.2) is 10.5 Å². The smallest absolute Gasteiger partial charge is 0.223 e. The minimum absolute atomic E-state index is 0.00527. The van der Waals surface area contributed by atoms with Crippen LogP contribution in [0.25, 0.3) is 0 Å². The number of hydroxylamine groups is 1. The van der Waals surface area contributed by atoms with E-state index in [-0.39, 0.29) is 24.1 Å². The van der Waals surface area contributed by atoms with Crippen molar-refractivity contribution < 1.29 is 10.0 Å². The van der Waals surface area contributed by atoms with Crippen molar-refractivity contribution in [3.05, 3.63) is 34.9 Å². The zero-order chi connectivity index (χ0) is 16.8. The van der Waals surface area contributed by atoms with Crippen molar-refractivity contribution in [2.24, 2.45) is 10.7 Å². The number of benzene rings is 1.